The van der Waals surface area contributed by atoms with Crippen molar-refractivity contribution in [2.75, 3.05) is 19.8 Å². The molecule has 0 fully saturated rings. The van der Waals surface area contributed by atoms with Crippen molar-refractivity contribution in [1.82, 2.24) is 0 Å². The van der Waals surface area contributed by atoms with Gasteiger partial charge in [-0.25, -0.2) is 4.57 Å². The first kappa shape index (κ1) is 51.7. The van der Waals surface area contributed by atoms with Crippen LogP contribution >= 0.6 is 7.82 Å². The van der Waals surface area contributed by atoms with Crippen LogP contribution in [-0.2, 0) is 37.5 Å². The normalized spacial score (nSPS) is 14.1. The van der Waals surface area contributed by atoms with Crippen LogP contribution in [0.5, 0.6) is 0 Å². The minimum atomic E-state index is -4.72. The number of allylic oxidation sites excluding steroid dienone is 6. The molecule has 0 aliphatic carbocycles. The number of phosphoric acid groups is 1. The fourth-order valence-electron chi connectivity index (χ4n) is 5.54. The zero-order chi connectivity index (χ0) is 40.0. The largest absolute Gasteiger partial charge is 0.480 e. The molecule has 0 bridgehead atoms. The Morgan fingerprint density at radius 2 is 1.02 bits per heavy atom. The van der Waals surface area contributed by atoms with E-state index in [-0.39, 0.29) is 19.4 Å². The van der Waals surface area contributed by atoms with Crippen LogP contribution in [-0.4, -0.2) is 59.9 Å². The molecular formula is C42H76NO10P. The monoisotopic (exact) mass is 786 g/mol. The first-order valence-corrected chi connectivity index (χ1v) is 22.5. The Morgan fingerprint density at radius 3 is 1.56 bits per heavy atom. The number of hydrogen-bond donors (Lipinski definition) is 3. The highest BCUT2D eigenvalue weighted by Crippen LogP contribution is 2.43. The summed E-state index contributed by atoms with van der Waals surface area (Å²) in [4.78, 5) is 45.8. The predicted molar refractivity (Wildman–Crippen MR) is 217 cm³/mol. The van der Waals surface area contributed by atoms with E-state index in [0.29, 0.717) is 12.8 Å². The lowest BCUT2D eigenvalue weighted by Crippen LogP contribution is -2.34. The van der Waals surface area contributed by atoms with Gasteiger partial charge >= 0.3 is 25.7 Å². The fourth-order valence-corrected chi connectivity index (χ4v) is 6.32. The second kappa shape index (κ2) is 37.6. The first-order valence-electron chi connectivity index (χ1n) is 21.0. The molecular weight excluding hydrogens is 709 g/mol. The number of carbonyl (C=O) groups is 3. The summed E-state index contributed by atoms with van der Waals surface area (Å²) in [6.07, 6.45) is 39.3. The second-order valence-electron chi connectivity index (χ2n) is 14.1. The highest BCUT2D eigenvalue weighted by molar-refractivity contribution is 7.47. The summed E-state index contributed by atoms with van der Waals surface area (Å²) in [5.74, 6) is -2.46. The summed E-state index contributed by atoms with van der Waals surface area (Å²) in [7, 11) is -4.72. The van der Waals surface area contributed by atoms with Gasteiger partial charge in [0.2, 0.25) is 0 Å². The third kappa shape index (κ3) is 36.7. The van der Waals surface area contributed by atoms with Crippen LogP contribution in [0.25, 0.3) is 0 Å². The van der Waals surface area contributed by atoms with Gasteiger partial charge in [0.15, 0.2) is 6.10 Å². The molecule has 0 aliphatic heterocycles. The molecule has 0 aromatic carbocycles. The molecule has 4 N–H and O–H groups in total. The van der Waals surface area contributed by atoms with Crippen LogP contribution in [0.2, 0.25) is 0 Å². The van der Waals surface area contributed by atoms with E-state index in [1.165, 1.54) is 89.9 Å². The molecule has 0 radical (unpaired) electrons. The Balaban J connectivity index is 4.45. The molecule has 0 amide bonds. The summed E-state index contributed by atoms with van der Waals surface area (Å²) < 4.78 is 32.6. The molecule has 1 unspecified atom stereocenters. The Bertz CT molecular complexity index is 1060. The molecule has 0 saturated heterocycles. The Kier molecular flexibility index (Phi) is 36.0. The highest BCUT2D eigenvalue weighted by Gasteiger charge is 2.28. The number of ether oxygens (including phenoxy) is 2. The van der Waals surface area contributed by atoms with Crippen molar-refractivity contribution in [3.05, 3.63) is 36.5 Å². The topological polar surface area (TPSA) is 172 Å². The number of rotatable bonds is 39. The molecule has 314 valence electrons. The smallest absolute Gasteiger partial charge is 0.472 e. The van der Waals surface area contributed by atoms with Gasteiger partial charge in [0.05, 0.1) is 13.2 Å². The third-order valence-electron chi connectivity index (χ3n) is 8.90. The minimum absolute atomic E-state index is 0.135. The van der Waals surface area contributed by atoms with Crippen molar-refractivity contribution in [3.8, 4) is 0 Å². The van der Waals surface area contributed by atoms with E-state index < -0.39 is 51.1 Å². The van der Waals surface area contributed by atoms with E-state index in [4.69, 9.17) is 24.8 Å². The zero-order valence-electron chi connectivity index (χ0n) is 33.8. The van der Waals surface area contributed by atoms with Gasteiger partial charge in [0.25, 0.3) is 0 Å². The molecule has 11 nitrogen and oxygen atoms in total. The van der Waals surface area contributed by atoms with Gasteiger partial charge in [-0.2, -0.15) is 0 Å². The van der Waals surface area contributed by atoms with Gasteiger partial charge in [-0.15, -0.1) is 0 Å². The quantitative estimate of drug-likeness (QED) is 0.0178. The standard InChI is InChI=1S/C42H76NO10P/c1-3-5-7-9-11-13-15-17-19-21-23-25-27-29-31-33-40(44)50-35-38(36-51-54(48,49)52-37-39(43)42(46)47)53-41(45)34-32-30-28-26-24-22-20-18-16-14-12-10-8-6-4-2/h14,16,18,20,27,29,38-39H,3-13,15,17,19,21-26,28,30-37,43H2,1-2H3,(H,46,47)(H,48,49)/b16-14+,20-18+,29-27+/t38-,39+/m1/s1. The maximum absolute atomic E-state index is 12.6. The summed E-state index contributed by atoms with van der Waals surface area (Å²) in [6.45, 7) is 2.72. The van der Waals surface area contributed by atoms with E-state index in [9.17, 15) is 23.8 Å². The Labute approximate surface area is 327 Å². The number of hydrogen-bond acceptors (Lipinski definition) is 9. The predicted octanol–water partition coefficient (Wildman–Crippen LogP) is 10.8. The molecule has 0 saturated carbocycles. The number of phosphoric ester groups is 1. The second-order valence-corrected chi connectivity index (χ2v) is 15.6. The highest BCUT2D eigenvalue weighted by atomic mass is 31.2. The van der Waals surface area contributed by atoms with Crippen molar-refractivity contribution < 1.29 is 47.5 Å². The molecule has 0 aliphatic rings. The van der Waals surface area contributed by atoms with Crippen LogP contribution in [0.3, 0.4) is 0 Å². The van der Waals surface area contributed by atoms with Crippen LogP contribution in [0.4, 0.5) is 0 Å². The van der Waals surface area contributed by atoms with E-state index in [1.807, 2.05) is 6.08 Å². The number of nitrogens with two attached hydrogens (primary N) is 1. The number of carbonyl (C=O) groups excluding carboxylic acids is 2. The lowest BCUT2D eigenvalue weighted by molar-refractivity contribution is -0.161. The van der Waals surface area contributed by atoms with E-state index in [0.717, 1.165) is 51.4 Å². The van der Waals surface area contributed by atoms with E-state index in [2.05, 4.69) is 48.8 Å². The number of aliphatic carboxylic acids is 1. The van der Waals surface area contributed by atoms with Gasteiger partial charge in [0, 0.05) is 12.8 Å². The maximum Gasteiger partial charge on any atom is 0.472 e. The molecule has 0 rings (SSSR count). The molecule has 0 aromatic heterocycles. The molecule has 12 heteroatoms. The van der Waals surface area contributed by atoms with E-state index in [1.54, 1.807) is 0 Å². The zero-order valence-corrected chi connectivity index (χ0v) is 34.7. The number of esters is 2. The lowest BCUT2D eigenvalue weighted by Gasteiger charge is -2.20. The number of unbranched alkanes of at least 4 members (excludes halogenated alkanes) is 20. The van der Waals surface area contributed by atoms with Gasteiger partial charge < -0.3 is 25.2 Å². The SMILES string of the molecule is CCCCCC/C=C/C=C/CCCCCCCC(=O)O[C@H](COC(=O)CC/C=C/CCCCCCCCCCCCC)COP(=O)(O)OC[C@H](N)C(=O)O. The van der Waals surface area contributed by atoms with Crippen LogP contribution in [0.1, 0.15) is 181 Å². The number of carboxylic acid groups (broad SMARTS) is 1. The van der Waals surface area contributed by atoms with Crippen molar-refractivity contribution in [2.45, 2.75) is 193 Å². The first-order chi connectivity index (χ1) is 26.1. The molecule has 0 aromatic rings. The molecule has 0 spiro atoms. The van der Waals surface area contributed by atoms with Gasteiger partial charge in [-0.3, -0.25) is 23.4 Å². The molecule has 54 heavy (non-hydrogen) atoms. The van der Waals surface area contributed by atoms with Gasteiger partial charge in [-0.1, -0.05) is 153 Å². The summed E-state index contributed by atoms with van der Waals surface area (Å²) in [5.41, 5.74) is 5.32. The average Bonchev–Trinajstić information content (AvgIpc) is 3.14. The van der Waals surface area contributed by atoms with Crippen LogP contribution in [0.15, 0.2) is 36.5 Å². The van der Waals surface area contributed by atoms with Gasteiger partial charge in [-0.05, 0) is 51.4 Å². The maximum atomic E-state index is 12.6. The van der Waals surface area contributed by atoms with Crippen molar-refractivity contribution in [1.29, 1.82) is 0 Å². The Hall–Kier alpha value is -2.30. The number of carboxylic acids is 1. The summed E-state index contributed by atoms with van der Waals surface area (Å²) in [5, 5.41) is 8.87. The van der Waals surface area contributed by atoms with Gasteiger partial charge in [0.1, 0.15) is 12.6 Å². The van der Waals surface area contributed by atoms with Crippen molar-refractivity contribution in [2.24, 2.45) is 5.73 Å². The fraction of sp³-hybridized carbons (Fsp3) is 0.786. The lowest BCUT2D eigenvalue weighted by atomic mass is 10.1. The van der Waals surface area contributed by atoms with Crippen molar-refractivity contribution >= 4 is 25.7 Å². The summed E-state index contributed by atoms with van der Waals surface area (Å²) >= 11 is 0. The minimum Gasteiger partial charge on any atom is -0.480 e. The van der Waals surface area contributed by atoms with Crippen molar-refractivity contribution in [3.63, 3.8) is 0 Å². The molecule has 0 heterocycles. The molecule has 3 atom stereocenters. The third-order valence-corrected chi connectivity index (χ3v) is 9.85. The van der Waals surface area contributed by atoms with Crippen LogP contribution in [0, 0.1) is 0 Å². The average molecular weight is 786 g/mol. The Morgan fingerprint density at radius 1 is 0.574 bits per heavy atom. The van der Waals surface area contributed by atoms with E-state index >= 15 is 0 Å². The summed E-state index contributed by atoms with van der Waals surface area (Å²) in [6, 6.07) is -1.53. The van der Waals surface area contributed by atoms with Crippen LogP contribution < -0.4 is 5.73 Å².